The standard InChI is InChI=1S/C31H23N7O2/c1-19-10-11-21(16-34-19)30(39)38-27-9-2-5-23-20(12-14-33-29(23)27)15-22-17-36-28(18-35-22)31(40)37-26-8-3-7-25-24(26)6-4-13-32-25/h2-14,16-18H,15H2,1H3,(H,37,40)(H,38,39). The molecule has 194 valence electrons. The van der Waals surface area contributed by atoms with Crippen LogP contribution in [0.4, 0.5) is 11.4 Å². The van der Waals surface area contributed by atoms with E-state index in [4.69, 9.17) is 0 Å². The van der Waals surface area contributed by atoms with Gasteiger partial charge in [0.1, 0.15) is 5.69 Å². The number of nitrogens with zero attached hydrogens (tertiary/aromatic N) is 5. The highest BCUT2D eigenvalue weighted by Crippen LogP contribution is 2.26. The number of hydrogen-bond donors (Lipinski definition) is 2. The van der Waals surface area contributed by atoms with Gasteiger partial charge < -0.3 is 10.6 Å². The molecular formula is C31H23N7O2. The van der Waals surface area contributed by atoms with E-state index in [-0.39, 0.29) is 17.5 Å². The second-order valence-corrected chi connectivity index (χ2v) is 9.21. The van der Waals surface area contributed by atoms with Gasteiger partial charge in [-0.05, 0) is 61.0 Å². The number of pyridine rings is 3. The summed E-state index contributed by atoms with van der Waals surface area (Å²) in [5.41, 5.74) is 5.90. The number of amides is 2. The van der Waals surface area contributed by atoms with Gasteiger partial charge in [0.15, 0.2) is 0 Å². The van der Waals surface area contributed by atoms with Crippen molar-refractivity contribution in [1.29, 1.82) is 0 Å². The summed E-state index contributed by atoms with van der Waals surface area (Å²) in [6.07, 6.45) is 8.51. The van der Waals surface area contributed by atoms with E-state index in [1.165, 1.54) is 6.20 Å². The van der Waals surface area contributed by atoms with E-state index in [0.717, 1.165) is 27.5 Å². The van der Waals surface area contributed by atoms with E-state index in [1.54, 1.807) is 36.9 Å². The summed E-state index contributed by atoms with van der Waals surface area (Å²) in [6, 6.07) is 20.4. The average molecular weight is 526 g/mol. The lowest BCUT2D eigenvalue weighted by atomic mass is 10.0. The fourth-order valence-electron chi connectivity index (χ4n) is 4.44. The van der Waals surface area contributed by atoms with Crippen LogP contribution in [0.3, 0.4) is 0 Å². The van der Waals surface area contributed by atoms with Crippen LogP contribution in [-0.2, 0) is 6.42 Å². The lowest BCUT2D eigenvalue weighted by Crippen LogP contribution is -2.14. The van der Waals surface area contributed by atoms with Gasteiger partial charge in [-0.15, -0.1) is 0 Å². The number of rotatable bonds is 6. The molecule has 9 nitrogen and oxygen atoms in total. The molecule has 40 heavy (non-hydrogen) atoms. The van der Waals surface area contributed by atoms with Crippen LogP contribution in [0.2, 0.25) is 0 Å². The van der Waals surface area contributed by atoms with Crippen LogP contribution in [0.5, 0.6) is 0 Å². The first kappa shape index (κ1) is 24.7. The summed E-state index contributed by atoms with van der Waals surface area (Å²) in [7, 11) is 0. The highest BCUT2D eigenvalue weighted by Gasteiger charge is 2.14. The Morgan fingerprint density at radius 1 is 0.675 bits per heavy atom. The van der Waals surface area contributed by atoms with Gasteiger partial charge in [0.2, 0.25) is 0 Å². The molecule has 2 amide bonds. The van der Waals surface area contributed by atoms with Gasteiger partial charge in [0, 0.05) is 47.7 Å². The molecule has 9 heteroatoms. The van der Waals surface area contributed by atoms with Crippen LogP contribution in [0.25, 0.3) is 21.8 Å². The topological polar surface area (TPSA) is 123 Å². The summed E-state index contributed by atoms with van der Waals surface area (Å²) >= 11 is 0. The summed E-state index contributed by atoms with van der Waals surface area (Å²) in [6.45, 7) is 1.87. The van der Waals surface area contributed by atoms with Gasteiger partial charge in [0.25, 0.3) is 11.8 Å². The van der Waals surface area contributed by atoms with Crippen LogP contribution in [0, 0.1) is 6.92 Å². The van der Waals surface area contributed by atoms with Crippen molar-refractivity contribution in [3.05, 3.63) is 126 Å². The van der Waals surface area contributed by atoms with E-state index in [9.17, 15) is 9.59 Å². The fraction of sp³-hybridized carbons (Fsp3) is 0.0645. The van der Waals surface area contributed by atoms with Crippen molar-refractivity contribution in [3.63, 3.8) is 0 Å². The Kier molecular flexibility index (Phi) is 6.60. The molecule has 0 fully saturated rings. The van der Waals surface area contributed by atoms with E-state index in [0.29, 0.717) is 34.6 Å². The Morgan fingerprint density at radius 2 is 1.50 bits per heavy atom. The maximum absolute atomic E-state index is 12.9. The largest absolute Gasteiger partial charge is 0.320 e. The average Bonchev–Trinajstić information content (AvgIpc) is 2.98. The molecule has 4 aromatic heterocycles. The van der Waals surface area contributed by atoms with Crippen molar-refractivity contribution in [2.75, 3.05) is 10.6 Å². The molecule has 6 rings (SSSR count). The van der Waals surface area contributed by atoms with Gasteiger partial charge in [-0.2, -0.15) is 0 Å². The Bertz CT molecular complexity index is 1870. The van der Waals surface area contributed by atoms with Crippen molar-refractivity contribution in [3.8, 4) is 0 Å². The molecule has 0 saturated carbocycles. The third-order valence-electron chi connectivity index (χ3n) is 6.49. The zero-order valence-electron chi connectivity index (χ0n) is 21.5. The van der Waals surface area contributed by atoms with Crippen molar-refractivity contribution < 1.29 is 9.59 Å². The van der Waals surface area contributed by atoms with E-state index in [1.807, 2.05) is 61.5 Å². The van der Waals surface area contributed by atoms with Crippen LogP contribution in [-0.4, -0.2) is 36.7 Å². The number of aromatic nitrogens is 5. The predicted molar refractivity (Wildman–Crippen MR) is 153 cm³/mol. The normalized spacial score (nSPS) is 10.9. The molecule has 0 aliphatic heterocycles. The molecule has 0 unspecified atom stereocenters. The van der Waals surface area contributed by atoms with E-state index < -0.39 is 0 Å². The summed E-state index contributed by atoms with van der Waals surface area (Å²) in [4.78, 5) is 47.5. The van der Waals surface area contributed by atoms with Crippen molar-refractivity contribution >= 4 is 45.0 Å². The van der Waals surface area contributed by atoms with Crippen LogP contribution >= 0.6 is 0 Å². The number of aryl methyl sites for hydroxylation is 1. The fourth-order valence-corrected chi connectivity index (χ4v) is 4.44. The molecule has 0 bridgehead atoms. The number of benzene rings is 2. The summed E-state index contributed by atoms with van der Waals surface area (Å²) < 4.78 is 0. The highest BCUT2D eigenvalue weighted by molar-refractivity contribution is 6.09. The quantitative estimate of drug-likeness (QED) is 0.300. The third-order valence-corrected chi connectivity index (χ3v) is 6.49. The van der Waals surface area contributed by atoms with Crippen molar-refractivity contribution in [1.82, 2.24) is 24.9 Å². The molecule has 6 aromatic rings. The minimum absolute atomic E-state index is 0.208. The highest BCUT2D eigenvalue weighted by atomic mass is 16.2. The van der Waals surface area contributed by atoms with Gasteiger partial charge >= 0.3 is 0 Å². The Balaban J connectivity index is 1.20. The maximum atomic E-state index is 12.9. The monoisotopic (exact) mass is 525 g/mol. The second kappa shape index (κ2) is 10.7. The van der Waals surface area contributed by atoms with Gasteiger partial charge in [-0.25, -0.2) is 4.98 Å². The molecular weight excluding hydrogens is 502 g/mol. The minimum atomic E-state index is -0.353. The number of para-hydroxylation sites is 1. The lowest BCUT2D eigenvalue weighted by molar-refractivity contribution is 0.101. The Hall–Kier alpha value is -5.57. The molecule has 0 aliphatic carbocycles. The smallest absolute Gasteiger partial charge is 0.275 e. The van der Waals surface area contributed by atoms with E-state index >= 15 is 0 Å². The zero-order chi connectivity index (χ0) is 27.5. The molecule has 0 radical (unpaired) electrons. The molecule has 0 atom stereocenters. The first-order valence-corrected chi connectivity index (χ1v) is 12.6. The molecule has 0 aliphatic rings. The molecule has 2 N–H and O–H groups in total. The Labute approximate surface area is 229 Å². The van der Waals surface area contributed by atoms with Crippen LogP contribution < -0.4 is 10.6 Å². The van der Waals surface area contributed by atoms with Crippen LogP contribution in [0.1, 0.15) is 37.8 Å². The van der Waals surface area contributed by atoms with Gasteiger partial charge in [0.05, 0.1) is 39.9 Å². The van der Waals surface area contributed by atoms with E-state index in [2.05, 4.69) is 35.6 Å². The minimum Gasteiger partial charge on any atom is -0.320 e. The van der Waals surface area contributed by atoms with Gasteiger partial charge in [-0.1, -0.05) is 18.2 Å². The number of anilines is 2. The van der Waals surface area contributed by atoms with Gasteiger partial charge in [-0.3, -0.25) is 29.5 Å². The summed E-state index contributed by atoms with van der Waals surface area (Å²) in [5.74, 6) is -0.611. The van der Waals surface area contributed by atoms with Crippen molar-refractivity contribution in [2.24, 2.45) is 0 Å². The number of carbonyl (C=O) groups is 2. The number of nitrogens with one attached hydrogen (secondary N) is 2. The molecule has 4 heterocycles. The first-order valence-electron chi connectivity index (χ1n) is 12.6. The second-order valence-electron chi connectivity index (χ2n) is 9.21. The molecule has 0 spiro atoms. The number of hydrogen-bond acceptors (Lipinski definition) is 7. The first-order chi connectivity index (χ1) is 19.5. The lowest BCUT2D eigenvalue weighted by Gasteiger charge is -2.11. The number of fused-ring (bicyclic) bond motifs is 2. The predicted octanol–water partition coefficient (Wildman–Crippen LogP) is 5.37. The van der Waals surface area contributed by atoms with Crippen LogP contribution in [0.15, 0.2) is 97.7 Å². The maximum Gasteiger partial charge on any atom is 0.275 e. The number of carbonyl (C=O) groups excluding carboxylic acids is 2. The third kappa shape index (κ3) is 5.08. The van der Waals surface area contributed by atoms with Crippen molar-refractivity contribution in [2.45, 2.75) is 13.3 Å². The summed E-state index contributed by atoms with van der Waals surface area (Å²) in [5, 5.41) is 7.58. The molecule has 0 saturated heterocycles. The SMILES string of the molecule is Cc1ccc(C(=O)Nc2cccc3c(Cc4cnc(C(=O)Nc5cccc6ncccc56)cn4)ccnc23)cn1. The Morgan fingerprint density at radius 3 is 2.33 bits per heavy atom. The molecule has 2 aromatic carbocycles. The zero-order valence-corrected chi connectivity index (χ0v) is 21.5.